The first kappa shape index (κ1) is 30.2. The van der Waals surface area contributed by atoms with Gasteiger partial charge in [-0.15, -0.1) is 10.2 Å². The summed E-state index contributed by atoms with van der Waals surface area (Å²) in [6.07, 6.45) is 3.16. The smallest absolute Gasteiger partial charge is 0.330 e. The molecule has 1 amide bonds. The first-order chi connectivity index (χ1) is 17.9. The zero-order chi connectivity index (χ0) is 28.3. The Morgan fingerprint density at radius 1 is 0.974 bits per heavy atom. The van der Waals surface area contributed by atoms with Crippen molar-refractivity contribution in [2.45, 2.75) is 11.8 Å². The third-order valence-corrected chi connectivity index (χ3v) is 6.23. The Labute approximate surface area is 225 Å². The molecule has 0 aromatic heterocycles. The fourth-order valence-electron chi connectivity index (χ4n) is 3.01. The highest BCUT2D eigenvalue weighted by Gasteiger charge is 2.14. The summed E-state index contributed by atoms with van der Waals surface area (Å²) in [5.41, 5.74) is 1.45. The average Bonchev–Trinajstić information content (AvgIpc) is 2.86. The largest absolute Gasteiger partial charge is 0.461 e. The van der Waals surface area contributed by atoms with Crippen molar-refractivity contribution in [3.63, 3.8) is 0 Å². The molecular formula is C25H27ClN4O7S. The van der Waals surface area contributed by atoms with Gasteiger partial charge in [-0.25, -0.2) is 18.0 Å². The number of halogens is 1. The number of sulfone groups is 1. The molecule has 0 heterocycles. The molecule has 2 rings (SSSR count). The Bertz CT molecular complexity index is 1330. The minimum atomic E-state index is -3.44. The summed E-state index contributed by atoms with van der Waals surface area (Å²) >= 11 is 6.18. The monoisotopic (exact) mass is 562 g/mol. The normalized spacial score (nSPS) is 11.0. The number of carbonyl (C=O) groups excluding carboxylic acids is 3. The SMILES string of the molecule is C=CC(=O)OCCN(CCOC(=O)C=C)c1ccc(N=Nc2ccc(S(C)(=O)=O)cc2Cl)c(NC(C)=O)c1. The molecule has 38 heavy (non-hydrogen) atoms. The van der Waals surface area contributed by atoms with Crippen molar-refractivity contribution >= 4 is 62.0 Å². The second-order valence-corrected chi connectivity index (χ2v) is 10.1. The van der Waals surface area contributed by atoms with Crippen LogP contribution in [0.1, 0.15) is 6.92 Å². The first-order valence-electron chi connectivity index (χ1n) is 11.1. The summed E-state index contributed by atoms with van der Waals surface area (Å²) in [7, 11) is -3.44. The van der Waals surface area contributed by atoms with Crippen molar-refractivity contribution in [1.82, 2.24) is 0 Å². The number of rotatable bonds is 13. The van der Waals surface area contributed by atoms with E-state index in [1.165, 1.54) is 25.1 Å². The van der Waals surface area contributed by atoms with Crippen LogP contribution in [0.15, 0.2) is 76.8 Å². The van der Waals surface area contributed by atoms with Gasteiger partial charge in [0.05, 0.1) is 28.7 Å². The molecule has 0 aliphatic carbocycles. The fraction of sp³-hybridized carbons (Fsp3) is 0.240. The topological polar surface area (TPSA) is 144 Å². The third-order valence-electron chi connectivity index (χ3n) is 4.81. The minimum absolute atomic E-state index is 0.0269. The number of hydrogen-bond donors (Lipinski definition) is 1. The quantitative estimate of drug-likeness (QED) is 0.215. The number of nitrogens with one attached hydrogen (secondary N) is 1. The van der Waals surface area contributed by atoms with Crippen molar-refractivity contribution in [1.29, 1.82) is 0 Å². The van der Waals surface area contributed by atoms with Crippen molar-refractivity contribution in [3.05, 3.63) is 66.7 Å². The molecule has 0 spiro atoms. The summed E-state index contributed by atoms with van der Waals surface area (Å²) in [5.74, 6) is -1.53. The van der Waals surface area contributed by atoms with Gasteiger partial charge in [-0.05, 0) is 36.4 Å². The number of esters is 2. The first-order valence-corrected chi connectivity index (χ1v) is 13.4. The number of azo groups is 1. The Kier molecular flexibility index (Phi) is 11.2. The van der Waals surface area contributed by atoms with Gasteiger partial charge < -0.3 is 19.7 Å². The molecule has 0 fully saturated rings. The molecule has 0 atom stereocenters. The second-order valence-electron chi connectivity index (χ2n) is 7.70. The van der Waals surface area contributed by atoms with Crippen LogP contribution in [0, 0.1) is 0 Å². The summed E-state index contributed by atoms with van der Waals surface area (Å²) in [4.78, 5) is 36.5. The van der Waals surface area contributed by atoms with Crippen LogP contribution < -0.4 is 10.2 Å². The van der Waals surface area contributed by atoms with E-state index in [0.717, 1.165) is 18.4 Å². The summed E-state index contributed by atoms with van der Waals surface area (Å²) < 4.78 is 33.6. The lowest BCUT2D eigenvalue weighted by Crippen LogP contribution is -2.32. The third kappa shape index (κ3) is 9.45. The molecule has 0 aliphatic rings. The van der Waals surface area contributed by atoms with Gasteiger partial charge in [0.2, 0.25) is 5.91 Å². The Morgan fingerprint density at radius 3 is 2.03 bits per heavy atom. The van der Waals surface area contributed by atoms with Gasteiger partial charge in [0.1, 0.15) is 24.6 Å². The number of anilines is 2. The van der Waals surface area contributed by atoms with Gasteiger partial charge in [0.25, 0.3) is 0 Å². The highest BCUT2D eigenvalue weighted by atomic mass is 35.5. The standard InChI is InChI=1S/C25H27ClN4O7S/c1-5-24(32)36-13-11-30(12-14-37-25(33)6-2)18-7-9-22(23(15-18)27-17(3)31)29-28-21-10-8-19(16-20(21)26)38(4,34)35/h5-10,15-16H,1-2,11-14H2,3-4H3,(H,27,31). The van der Waals surface area contributed by atoms with Crippen LogP contribution in [0.5, 0.6) is 0 Å². The second kappa shape index (κ2) is 14.1. The van der Waals surface area contributed by atoms with Gasteiger partial charge in [0.15, 0.2) is 9.84 Å². The summed E-state index contributed by atoms with van der Waals surface area (Å²) in [6.45, 7) is 8.58. The van der Waals surface area contributed by atoms with Gasteiger partial charge in [0, 0.05) is 31.0 Å². The van der Waals surface area contributed by atoms with Crippen LogP contribution in [-0.4, -0.2) is 58.8 Å². The number of amides is 1. The van der Waals surface area contributed by atoms with E-state index in [2.05, 4.69) is 28.7 Å². The molecule has 0 unspecified atom stereocenters. The van der Waals surface area contributed by atoms with Crippen LogP contribution in [0.25, 0.3) is 0 Å². The molecule has 0 aliphatic heterocycles. The van der Waals surface area contributed by atoms with Gasteiger partial charge >= 0.3 is 11.9 Å². The van der Waals surface area contributed by atoms with E-state index < -0.39 is 21.8 Å². The zero-order valence-corrected chi connectivity index (χ0v) is 22.4. The van der Waals surface area contributed by atoms with E-state index in [1.807, 2.05) is 0 Å². The molecule has 0 saturated heterocycles. The van der Waals surface area contributed by atoms with E-state index in [1.54, 1.807) is 23.1 Å². The van der Waals surface area contributed by atoms with Crippen molar-refractivity contribution in [2.24, 2.45) is 10.2 Å². The number of nitrogens with zero attached hydrogens (tertiary/aromatic N) is 3. The molecule has 0 bridgehead atoms. The lowest BCUT2D eigenvalue weighted by atomic mass is 10.2. The van der Waals surface area contributed by atoms with E-state index in [4.69, 9.17) is 21.1 Å². The van der Waals surface area contributed by atoms with Gasteiger partial charge in [-0.2, -0.15) is 0 Å². The predicted molar refractivity (Wildman–Crippen MR) is 144 cm³/mol. The maximum Gasteiger partial charge on any atom is 0.330 e. The average molecular weight is 563 g/mol. The number of carbonyl (C=O) groups is 3. The number of ether oxygens (including phenoxy) is 2. The number of hydrogen-bond acceptors (Lipinski definition) is 10. The van der Waals surface area contributed by atoms with E-state index in [0.29, 0.717) is 17.1 Å². The zero-order valence-electron chi connectivity index (χ0n) is 20.8. The fourth-order valence-corrected chi connectivity index (χ4v) is 3.94. The highest BCUT2D eigenvalue weighted by Crippen LogP contribution is 2.34. The van der Waals surface area contributed by atoms with Crippen LogP contribution in [-0.2, 0) is 33.7 Å². The Hall–Kier alpha value is -4.03. The van der Waals surface area contributed by atoms with Crippen molar-refractivity contribution in [3.8, 4) is 0 Å². The predicted octanol–water partition coefficient (Wildman–Crippen LogP) is 4.38. The number of benzene rings is 2. The van der Waals surface area contributed by atoms with Crippen LogP contribution in [0.3, 0.4) is 0 Å². The highest BCUT2D eigenvalue weighted by molar-refractivity contribution is 7.90. The molecule has 202 valence electrons. The van der Waals surface area contributed by atoms with Gasteiger partial charge in [-0.3, -0.25) is 4.79 Å². The molecular weight excluding hydrogens is 536 g/mol. The lowest BCUT2D eigenvalue weighted by molar-refractivity contribution is -0.137. The maximum atomic E-state index is 11.9. The lowest BCUT2D eigenvalue weighted by Gasteiger charge is -2.25. The Balaban J connectivity index is 2.35. The van der Waals surface area contributed by atoms with Crippen LogP contribution >= 0.6 is 11.6 Å². The van der Waals surface area contributed by atoms with E-state index >= 15 is 0 Å². The Morgan fingerprint density at radius 2 is 1.53 bits per heavy atom. The maximum absolute atomic E-state index is 11.9. The summed E-state index contributed by atoms with van der Waals surface area (Å²) in [5, 5.41) is 11.0. The molecule has 13 heteroatoms. The molecule has 0 radical (unpaired) electrons. The van der Waals surface area contributed by atoms with E-state index in [9.17, 15) is 22.8 Å². The molecule has 11 nitrogen and oxygen atoms in total. The molecule has 0 saturated carbocycles. The molecule has 2 aromatic carbocycles. The van der Waals surface area contributed by atoms with Crippen LogP contribution in [0.4, 0.5) is 22.7 Å². The van der Waals surface area contributed by atoms with Gasteiger partial charge in [-0.1, -0.05) is 24.8 Å². The van der Waals surface area contributed by atoms with Crippen molar-refractivity contribution < 1.29 is 32.3 Å². The van der Waals surface area contributed by atoms with Crippen LogP contribution in [0.2, 0.25) is 5.02 Å². The van der Waals surface area contributed by atoms with Crippen molar-refractivity contribution in [2.75, 3.05) is 42.8 Å². The summed E-state index contributed by atoms with van der Waals surface area (Å²) in [6, 6.07) is 8.99. The van der Waals surface area contributed by atoms with E-state index in [-0.39, 0.29) is 47.8 Å². The molecule has 1 N–H and O–H groups in total. The molecule has 2 aromatic rings. The minimum Gasteiger partial charge on any atom is -0.461 e.